The Bertz CT molecular complexity index is 403. The number of esters is 1. The molecular weight excluding hydrogens is 232 g/mol. The first-order valence-electron chi connectivity index (χ1n) is 6.40. The Labute approximate surface area is 107 Å². The first kappa shape index (κ1) is 13.1. The maximum atomic E-state index is 11.5. The molecule has 1 saturated heterocycles. The number of rotatable bonds is 4. The van der Waals surface area contributed by atoms with E-state index in [1.807, 2.05) is 6.07 Å². The van der Waals surface area contributed by atoms with Crippen LogP contribution in [0.1, 0.15) is 30.2 Å². The quantitative estimate of drug-likeness (QED) is 0.817. The van der Waals surface area contributed by atoms with Crippen molar-refractivity contribution in [2.75, 3.05) is 26.2 Å². The molecule has 0 aliphatic carbocycles. The van der Waals surface area contributed by atoms with E-state index >= 15 is 0 Å². The summed E-state index contributed by atoms with van der Waals surface area (Å²) in [6.45, 7) is 8.04. The molecule has 0 amide bonds. The van der Waals surface area contributed by atoms with Crippen LogP contribution < -0.4 is 5.32 Å². The zero-order valence-electron chi connectivity index (χ0n) is 10.9. The number of nitrogens with zero attached hydrogens (tertiary/aromatic N) is 1. The lowest BCUT2D eigenvalue weighted by Gasteiger charge is -2.31. The van der Waals surface area contributed by atoms with E-state index in [1.165, 1.54) is 0 Å². The molecule has 1 aromatic rings. The molecule has 0 bridgehead atoms. The number of hydrogen-bond acceptors (Lipinski definition) is 5. The van der Waals surface area contributed by atoms with E-state index < -0.39 is 5.97 Å². The van der Waals surface area contributed by atoms with Crippen LogP contribution in [0.4, 0.5) is 0 Å². The summed E-state index contributed by atoms with van der Waals surface area (Å²) in [7, 11) is 0. The molecule has 0 saturated carbocycles. The minimum atomic E-state index is -0.391. The standard InChI is InChI=1S/C13H20N2O3/c1-3-17-13(16)12-5-4-11(18-12)9-15-7-6-14-10(2)8-15/h4-5,10,14H,3,6-9H2,1-2H3. The average Bonchev–Trinajstić information content (AvgIpc) is 2.78. The Hall–Kier alpha value is -1.33. The molecule has 2 heterocycles. The van der Waals surface area contributed by atoms with E-state index in [-0.39, 0.29) is 5.76 Å². The average molecular weight is 252 g/mol. The summed E-state index contributed by atoms with van der Waals surface area (Å²) in [5.41, 5.74) is 0. The number of nitrogens with one attached hydrogen (secondary N) is 1. The predicted octanol–water partition coefficient (Wildman–Crippen LogP) is 1.25. The fourth-order valence-corrected chi connectivity index (χ4v) is 2.15. The molecule has 1 N–H and O–H groups in total. The molecule has 0 spiro atoms. The van der Waals surface area contributed by atoms with Crippen LogP contribution in [0.25, 0.3) is 0 Å². The van der Waals surface area contributed by atoms with Crippen molar-refractivity contribution in [2.24, 2.45) is 0 Å². The normalized spacial score (nSPS) is 20.9. The predicted molar refractivity (Wildman–Crippen MR) is 67.4 cm³/mol. The first-order valence-corrected chi connectivity index (χ1v) is 6.40. The topological polar surface area (TPSA) is 54.7 Å². The number of piperazine rings is 1. The summed E-state index contributed by atoms with van der Waals surface area (Å²) in [6.07, 6.45) is 0. The van der Waals surface area contributed by atoms with Crippen molar-refractivity contribution >= 4 is 5.97 Å². The second-order valence-electron chi connectivity index (χ2n) is 4.58. The zero-order valence-corrected chi connectivity index (χ0v) is 10.9. The van der Waals surface area contributed by atoms with Crippen LogP contribution >= 0.6 is 0 Å². The monoisotopic (exact) mass is 252 g/mol. The zero-order chi connectivity index (χ0) is 13.0. The van der Waals surface area contributed by atoms with Crippen LogP contribution in [0.3, 0.4) is 0 Å². The van der Waals surface area contributed by atoms with Gasteiger partial charge in [0.15, 0.2) is 0 Å². The Morgan fingerprint density at radius 2 is 2.44 bits per heavy atom. The highest BCUT2D eigenvalue weighted by Crippen LogP contribution is 2.13. The van der Waals surface area contributed by atoms with Gasteiger partial charge in [-0.05, 0) is 26.0 Å². The number of furan rings is 1. The van der Waals surface area contributed by atoms with Gasteiger partial charge >= 0.3 is 5.97 Å². The summed E-state index contributed by atoms with van der Waals surface area (Å²) in [6, 6.07) is 4.02. The molecule has 5 nitrogen and oxygen atoms in total. The van der Waals surface area contributed by atoms with Gasteiger partial charge in [0.25, 0.3) is 0 Å². The van der Waals surface area contributed by atoms with Crippen LogP contribution in [0.15, 0.2) is 16.5 Å². The SMILES string of the molecule is CCOC(=O)c1ccc(CN2CCNC(C)C2)o1. The molecule has 1 atom stereocenters. The summed E-state index contributed by atoms with van der Waals surface area (Å²) in [4.78, 5) is 13.8. The maximum absolute atomic E-state index is 11.5. The summed E-state index contributed by atoms with van der Waals surface area (Å²) in [5, 5.41) is 3.39. The van der Waals surface area contributed by atoms with E-state index in [0.29, 0.717) is 12.6 Å². The van der Waals surface area contributed by atoms with Crippen molar-refractivity contribution < 1.29 is 13.9 Å². The lowest BCUT2D eigenvalue weighted by molar-refractivity contribution is 0.0485. The summed E-state index contributed by atoms with van der Waals surface area (Å²) < 4.78 is 10.4. The van der Waals surface area contributed by atoms with Crippen molar-refractivity contribution in [3.05, 3.63) is 23.7 Å². The van der Waals surface area contributed by atoms with Gasteiger partial charge in [-0.2, -0.15) is 0 Å². The van der Waals surface area contributed by atoms with Gasteiger partial charge < -0.3 is 14.5 Å². The van der Waals surface area contributed by atoms with Crippen molar-refractivity contribution in [3.63, 3.8) is 0 Å². The molecule has 1 aromatic heterocycles. The second-order valence-corrected chi connectivity index (χ2v) is 4.58. The lowest BCUT2D eigenvalue weighted by Crippen LogP contribution is -2.48. The molecular formula is C13H20N2O3. The minimum absolute atomic E-state index is 0.287. The molecule has 100 valence electrons. The highest BCUT2D eigenvalue weighted by atomic mass is 16.5. The van der Waals surface area contributed by atoms with E-state index in [1.54, 1.807) is 13.0 Å². The first-order chi connectivity index (χ1) is 8.69. The number of carbonyl (C=O) groups excluding carboxylic acids is 1. The van der Waals surface area contributed by atoms with Crippen LogP contribution in [0.5, 0.6) is 0 Å². The Balaban J connectivity index is 1.91. The van der Waals surface area contributed by atoms with Crippen LogP contribution in [-0.4, -0.2) is 43.2 Å². The maximum Gasteiger partial charge on any atom is 0.374 e. The molecule has 0 radical (unpaired) electrons. The smallest absolute Gasteiger partial charge is 0.374 e. The van der Waals surface area contributed by atoms with Crippen molar-refractivity contribution in [1.82, 2.24) is 10.2 Å². The van der Waals surface area contributed by atoms with Gasteiger partial charge in [-0.15, -0.1) is 0 Å². The highest BCUT2D eigenvalue weighted by Gasteiger charge is 2.18. The molecule has 2 rings (SSSR count). The third kappa shape index (κ3) is 3.34. The largest absolute Gasteiger partial charge is 0.460 e. The third-order valence-electron chi connectivity index (χ3n) is 2.97. The Morgan fingerprint density at radius 3 is 3.17 bits per heavy atom. The minimum Gasteiger partial charge on any atom is -0.460 e. The van der Waals surface area contributed by atoms with Crippen molar-refractivity contribution in [3.8, 4) is 0 Å². The van der Waals surface area contributed by atoms with Crippen molar-refractivity contribution in [1.29, 1.82) is 0 Å². The van der Waals surface area contributed by atoms with E-state index in [4.69, 9.17) is 9.15 Å². The van der Waals surface area contributed by atoms with Gasteiger partial charge in [0.2, 0.25) is 5.76 Å². The lowest BCUT2D eigenvalue weighted by atomic mass is 10.2. The van der Waals surface area contributed by atoms with Gasteiger partial charge in [0.1, 0.15) is 5.76 Å². The van der Waals surface area contributed by atoms with Gasteiger partial charge in [-0.3, -0.25) is 4.90 Å². The number of ether oxygens (including phenoxy) is 1. The molecule has 1 fully saturated rings. The molecule has 1 unspecified atom stereocenters. The van der Waals surface area contributed by atoms with Gasteiger partial charge in [-0.1, -0.05) is 0 Å². The number of hydrogen-bond donors (Lipinski definition) is 1. The van der Waals surface area contributed by atoms with Crippen LogP contribution in [0, 0.1) is 0 Å². The molecule has 1 aliphatic heterocycles. The Kier molecular flexibility index (Phi) is 4.38. The van der Waals surface area contributed by atoms with Crippen LogP contribution in [-0.2, 0) is 11.3 Å². The van der Waals surface area contributed by atoms with E-state index in [2.05, 4.69) is 17.1 Å². The fraction of sp³-hybridized carbons (Fsp3) is 0.615. The van der Waals surface area contributed by atoms with E-state index in [9.17, 15) is 4.79 Å². The summed E-state index contributed by atoms with van der Waals surface area (Å²) in [5.74, 6) is 0.708. The molecule has 18 heavy (non-hydrogen) atoms. The van der Waals surface area contributed by atoms with Crippen molar-refractivity contribution in [2.45, 2.75) is 26.4 Å². The number of carbonyl (C=O) groups is 1. The highest BCUT2D eigenvalue weighted by molar-refractivity contribution is 5.86. The molecule has 0 aromatic carbocycles. The van der Waals surface area contributed by atoms with Gasteiger partial charge in [-0.25, -0.2) is 4.79 Å². The van der Waals surface area contributed by atoms with Gasteiger partial charge in [0.05, 0.1) is 13.2 Å². The second kappa shape index (κ2) is 6.02. The molecule has 1 aliphatic rings. The molecule has 5 heteroatoms. The summed E-state index contributed by atoms with van der Waals surface area (Å²) >= 11 is 0. The van der Waals surface area contributed by atoms with E-state index in [0.717, 1.165) is 31.9 Å². The third-order valence-corrected chi connectivity index (χ3v) is 2.97. The van der Waals surface area contributed by atoms with Gasteiger partial charge in [0, 0.05) is 25.7 Å². The fourth-order valence-electron chi connectivity index (χ4n) is 2.15. The van der Waals surface area contributed by atoms with Crippen LogP contribution in [0.2, 0.25) is 0 Å². The Morgan fingerprint density at radius 1 is 1.61 bits per heavy atom.